The monoisotopic (exact) mass is 534 g/mol. The number of aryl methyl sites for hydroxylation is 1. The van der Waals surface area contributed by atoms with Gasteiger partial charge < -0.3 is 24.5 Å². The summed E-state index contributed by atoms with van der Waals surface area (Å²) in [5, 5.41) is 0. The van der Waals surface area contributed by atoms with Crippen molar-refractivity contribution in [3.63, 3.8) is 0 Å². The van der Waals surface area contributed by atoms with Crippen molar-refractivity contribution in [3.8, 4) is 0 Å². The van der Waals surface area contributed by atoms with E-state index in [0.29, 0.717) is 31.1 Å². The zero-order chi connectivity index (χ0) is 28.3. The maximum absolute atomic E-state index is 14.7. The first-order chi connectivity index (χ1) is 18.2. The van der Waals surface area contributed by atoms with E-state index < -0.39 is 34.9 Å². The first-order valence-corrected chi connectivity index (χ1v) is 14.2. The first kappa shape index (κ1) is 26.7. The molecule has 1 spiro atoms. The summed E-state index contributed by atoms with van der Waals surface area (Å²) in [7, 11) is 0. The Hall–Kier alpha value is -2.48. The van der Waals surface area contributed by atoms with Crippen LogP contribution in [0.15, 0.2) is 42.2 Å². The average Bonchev–Trinajstić information content (AvgIpc) is 3.24. The summed E-state index contributed by atoms with van der Waals surface area (Å²) in [6.45, 7) is 18.8. The highest BCUT2D eigenvalue weighted by molar-refractivity contribution is 5.96. The van der Waals surface area contributed by atoms with Crippen LogP contribution in [-0.4, -0.2) is 46.5 Å². The zero-order valence-corrected chi connectivity index (χ0v) is 24.3. The highest BCUT2D eigenvalue weighted by Gasteiger charge is 2.74. The molecule has 210 valence electrons. The molecule has 0 amide bonds. The Morgan fingerprint density at radius 1 is 1.26 bits per heavy atom. The first-order valence-electron chi connectivity index (χ1n) is 14.2. The van der Waals surface area contributed by atoms with E-state index in [1.807, 2.05) is 51.5 Å². The molecule has 4 aliphatic carbocycles. The number of carbonyl (C=O) groups is 2. The number of nitrogens with zero attached hydrogens (tertiary/aromatic N) is 1. The van der Waals surface area contributed by atoms with Crippen LogP contribution in [0.4, 0.5) is 0 Å². The van der Waals surface area contributed by atoms with Gasteiger partial charge in [-0.05, 0) is 81.4 Å². The van der Waals surface area contributed by atoms with Crippen LogP contribution < -0.4 is 5.73 Å². The molecule has 5 aliphatic rings. The number of Topliss-reactive ketones (excluding diaryl/α,β-unsaturated/α-hetero) is 1. The molecule has 1 aromatic heterocycles. The van der Waals surface area contributed by atoms with Gasteiger partial charge in [0, 0.05) is 24.4 Å². The summed E-state index contributed by atoms with van der Waals surface area (Å²) in [5.74, 6) is -0.742. The summed E-state index contributed by atoms with van der Waals surface area (Å²) in [5.41, 5.74) is 9.25. The average molecular weight is 535 g/mol. The molecule has 7 unspecified atom stereocenters. The molecule has 39 heavy (non-hydrogen) atoms. The molecule has 1 aromatic rings. The van der Waals surface area contributed by atoms with Gasteiger partial charge in [0.1, 0.15) is 17.7 Å². The van der Waals surface area contributed by atoms with Crippen LogP contribution in [0, 0.1) is 42.4 Å². The molecule has 7 heteroatoms. The molecule has 7 nitrogen and oxygen atoms in total. The molecular formula is C32H42N2O5. The van der Waals surface area contributed by atoms with Crippen molar-refractivity contribution in [3.05, 3.63) is 59.0 Å². The van der Waals surface area contributed by atoms with Crippen LogP contribution in [0.25, 0.3) is 0 Å². The lowest BCUT2D eigenvalue weighted by Crippen LogP contribution is -2.71. The van der Waals surface area contributed by atoms with E-state index in [1.54, 1.807) is 6.08 Å². The van der Waals surface area contributed by atoms with Gasteiger partial charge in [-0.3, -0.25) is 4.79 Å². The molecule has 1 saturated heterocycles. The third-order valence-electron chi connectivity index (χ3n) is 10.7. The number of carbonyl (C=O) groups excluding carboxylic acids is 2. The van der Waals surface area contributed by atoms with Crippen LogP contribution in [-0.2, 0) is 25.5 Å². The quantitative estimate of drug-likeness (QED) is 0.441. The van der Waals surface area contributed by atoms with Gasteiger partial charge in [-0.2, -0.15) is 0 Å². The smallest absolute Gasteiger partial charge is 0.340 e. The standard InChI is InChI=1S/C32H42N2O5/c1-9-12-34-15-18(3)23(19(34)4)28(36)38-26-17(2)14-31-11-10-22-24(29(22,5)6)21(25(31)35)13-20-16-37-30(7,8)39-27(20)32(26,31)33/h9,13-15,21-22,24,26-27H,1,10-12,16,33H2,2-8H3. The van der Waals surface area contributed by atoms with Gasteiger partial charge in [-0.15, -0.1) is 6.58 Å². The third kappa shape index (κ3) is 3.45. The third-order valence-corrected chi connectivity index (χ3v) is 10.7. The summed E-state index contributed by atoms with van der Waals surface area (Å²) in [6.07, 6.45) is 7.94. The van der Waals surface area contributed by atoms with Crippen molar-refractivity contribution in [2.45, 2.75) is 91.4 Å². The van der Waals surface area contributed by atoms with Crippen molar-refractivity contribution in [2.24, 2.45) is 34.3 Å². The minimum absolute atomic E-state index is 0.0998. The Bertz CT molecular complexity index is 1350. The van der Waals surface area contributed by atoms with Crippen LogP contribution in [0.3, 0.4) is 0 Å². The molecule has 0 aromatic carbocycles. The molecular weight excluding hydrogens is 492 g/mol. The molecule has 2 heterocycles. The lowest BCUT2D eigenvalue weighted by atomic mass is 9.61. The van der Waals surface area contributed by atoms with Gasteiger partial charge in [0.2, 0.25) is 0 Å². The van der Waals surface area contributed by atoms with Gasteiger partial charge in [-0.25, -0.2) is 4.79 Å². The predicted octanol–water partition coefficient (Wildman–Crippen LogP) is 4.80. The highest BCUT2D eigenvalue weighted by Crippen LogP contribution is 2.70. The number of rotatable bonds is 4. The summed E-state index contributed by atoms with van der Waals surface area (Å²) in [6, 6.07) is 0. The summed E-state index contributed by atoms with van der Waals surface area (Å²) >= 11 is 0. The molecule has 2 saturated carbocycles. The van der Waals surface area contributed by atoms with E-state index in [1.165, 1.54) is 0 Å². The Labute approximate surface area is 231 Å². The number of hydrogen-bond donors (Lipinski definition) is 1. The van der Waals surface area contributed by atoms with Crippen LogP contribution in [0.5, 0.6) is 0 Å². The predicted molar refractivity (Wildman–Crippen MR) is 148 cm³/mol. The minimum atomic E-state index is -1.29. The number of ether oxygens (including phenoxy) is 3. The van der Waals surface area contributed by atoms with E-state index in [-0.39, 0.29) is 23.0 Å². The van der Waals surface area contributed by atoms with Crippen molar-refractivity contribution >= 4 is 11.8 Å². The van der Waals surface area contributed by atoms with E-state index in [2.05, 4.69) is 26.5 Å². The number of aromatic nitrogens is 1. The van der Waals surface area contributed by atoms with Crippen LogP contribution in [0.2, 0.25) is 0 Å². The number of esters is 1. The fraction of sp³-hybridized carbons (Fsp3) is 0.625. The largest absolute Gasteiger partial charge is 0.452 e. The van der Waals surface area contributed by atoms with Crippen LogP contribution >= 0.6 is 0 Å². The fourth-order valence-electron chi connectivity index (χ4n) is 8.66. The highest BCUT2D eigenvalue weighted by atomic mass is 16.7. The number of allylic oxidation sites excluding steroid dienone is 2. The minimum Gasteiger partial charge on any atom is -0.452 e. The number of fused-ring (bicyclic) bond motifs is 5. The lowest BCUT2D eigenvalue weighted by Gasteiger charge is -2.52. The number of ketones is 1. The van der Waals surface area contributed by atoms with E-state index >= 15 is 0 Å². The Kier molecular flexibility index (Phi) is 5.67. The van der Waals surface area contributed by atoms with Crippen molar-refractivity contribution in [2.75, 3.05) is 6.61 Å². The Balaban J connectivity index is 1.47. The fourth-order valence-corrected chi connectivity index (χ4v) is 8.66. The molecule has 1 aliphatic heterocycles. The Morgan fingerprint density at radius 2 is 1.97 bits per heavy atom. The second kappa shape index (κ2) is 8.27. The number of nitrogens with two attached hydrogens (primary N) is 1. The van der Waals surface area contributed by atoms with Gasteiger partial charge in [0.05, 0.1) is 17.6 Å². The Morgan fingerprint density at radius 3 is 2.67 bits per heavy atom. The molecule has 0 radical (unpaired) electrons. The van der Waals surface area contributed by atoms with E-state index in [4.69, 9.17) is 19.9 Å². The van der Waals surface area contributed by atoms with Crippen molar-refractivity contribution in [1.29, 1.82) is 0 Å². The van der Waals surface area contributed by atoms with Gasteiger partial charge in [0.25, 0.3) is 0 Å². The maximum Gasteiger partial charge on any atom is 0.340 e. The van der Waals surface area contributed by atoms with Gasteiger partial charge in [0.15, 0.2) is 11.6 Å². The second-order valence-electron chi connectivity index (χ2n) is 13.6. The summed E-state index contributed by atoms with van der Waals surface area (Å²) in [4.78, 5) is 28.5. The van der Waals surface area contributed by atoms with Gasteiger partial charge >= 0.3 is 5.97 Å². The van der Waals surface area contributed by atoms with Gasteiger partial charge in [-0.1, -0.05) is 32.1 Å². The molecule has 2 bridgehead atoms. The van der Waals surface area contributed by atoms with Crippen molar-refractivity contribution in [1.82, 2.24) is 4.57 Å². The molecule has 6 rings (SSSR count). The maximum atomic E-state index is 14.7. The lowest BCUT2D eigenvalue weighted by molar-refractivity contribution is -0.271. The SMILES string of the molecule is C=CCn1cc(C)c(C(=O)OC2C(C)=CC34CCC5C(C(C=C6COC(C)(C)OC6C23N)C4=O)C5(C)C)c1C. The summed E-state index contributed by atoms with van der Waals surface area (Å²) < 4.78 is 21.1. The molecule has 7 atom stereocenters. The molecule has 2 N–H and O–H groups in total. The zero-order valence-electron chi connectivity index (χ0n) is 24.3. The van der Waals surface area contributed by atoms with E-state index in [9.17, 15) is 9.59 Å². The topological polar surface area (TPSA) is 92.8 Å². The van der Waals surface area contributed by atoms with E-state index in [0.717, 1.165) is 28.8 Å². The van der Waals surface area contributed by atoms with Crippen molar-refractivity contribution < 1.29 is 23.8 Å². The van der Waals surface area contributed by atoms with Crippen LogP contribution in [0.1, 0.15) is 69.1 Å². The normalized spacial score (nSPS) is 39.3. The second-order valence-corrected chi connectivity index (χ2v) is 13.6. The number of hydrogen-bond acceptors (Lipinski definition) is 6. The molecule has 3 fully saturated rings.